The maximum absolute atomic E-state index is 14.0. The molecule has 0 aliphatic carbocycles. The van der Waals surface area contributed by atoms with Crippen molar-refractivity contribution in [2.75, 3.05) is 17.1 Å². The van der Waals surface area contributed by atoms with E-state index in [0.29, 0.717) is 5.69 Å². The van der Waals surface area contributed by atoms with E-state index in [9.17, 15) is 18.0 Å². The Morgan fingerprint density at radius 3 is 2.10 bits per heavy atom. The Morgan fingerprint density at radius 1 is 0.923 bits per heavy atom. The Bertz CT molecular complexity index is 1350. The fourth-order valence-corrected chi connectivity index (χ4v) is 5.22. The van der Waals surface area contributed by atoms with E-state index in [0.717, 1.165) is 38.1 Å². The Morgan fingerprint density at radius 2 is 1.54 bits per heavy atom. The number of sulfonamides is 1. The number of nitrogens with zero attached hydrogens (tertiary/aromatic N) is 2. The minimum atomic E-state index is -3.79. The van der Waals surface area contributed by atoms with Crippen LogP contribution in [0.25, 0.3) is 0 Å². The predicted molar refractivity (Wildman–Crippen MR) is 160 cm³/mol. The summed E-state index contributed by atoms with van der Waals surface area (Å²) in [5, 5.41) is 3.03. The molecule has 0 bridgehead atoms. The van der Waals surface area contributed by atoms with Gasteiger partial charge in [0, 0.05) is 23.5 Å². The normalized spacial score (nSPS) is 12.8. The molecule has 7 nitrogen and oxygen atoms in total. The summed E-state index contributed by atoms with van der Waals surface area (Å²) in [5.41, 5.74) is 3.08. The van der Waals surface area contributed by atoms with Crippen molar-refractivity contribution >= 4 is 43.5 Å². The zero-order valence-electron chi connectivity index (χ0n) is 22.8. The molecule has 3 aromatic rings. The van der Waals surface area contributed by atoms with E-state index in [2.05, 4.69) is 21.2 Å². The van der Waals surface area contributed by atoms with Crippen molar-refractivity contribution in [2.45, 2.75) is 52.2 Å². The van der Waals surface area contributed by atoms with Gasteiger partial charge in [-0.3, -0.25) is 13.9 Å². The highest BCUT2D eigenvalue weighted by Gasteiger charge is 2.33. The lowest BCUT2D eigenvalue weighted by Gasteiger charge is -2.34. The minimum Gasteiger partial charge on any atom is -0.352 e. The van der Waals surface area contributed by atoms with Crippen molar-refractivity contribution in [3.8, 4) is 0 Å². The summed E-state index contributed by atoms with van der Waals surface area (Å²) in [6.07, 6.45) is 2.10. The molecule has 0 radical (unpaired) electrons. The Balaban J connectivity index is 2.04. The van der Waals surface area contributed by atoms with Crippen LogP contribution in [0.1, 0.15) is 37.0 Å². The molecule has 2 amide bonds. The number of hydrogen-bond acceptors (Lipinski definition) is 4. The molecule has 0 saturated carbocycles. The number of halogens is 1. The Kier molecular flexibility index (Phi) is 10.7. The van der Waals surface area contributed by atoms with Crippen molar-refractivity contribution in [2.24, 2.45) is 0 Å². The zero-order chi connectivity index (χ0) is 28.6. The molecule has 0 aliphatic heterocycles. The van der Waals surface area contributed by atoms with Crippen molar-refractivity contribution in [3.63, 3.8) is 0 Å². The van der Waals surface area contributed by atoms with Gasteiger partial charge in [-0.1, -0.05) is 83.0 Å². The van der Waals surface area contributed by atoms with E-state index in [1.807, 2.05) is 75.4 Å². The van der Waals surface area contributed by atoms with Crippen molar-refractivity contribution in [3.05, 3.63) is 100 Å². The van der Waals surface area contributed by atoms with Gasteiger partial charge in [-0.25, -0.2) is 8.42 Å². The molecule has 0 heterocycles. The molecule has 0 aliphatic rings. The van der Waals surface area contributed by atoms with Crippen LogP contribution in [0.5, 0.6) is 0 Å². The largest absolute Gasteiger partial charge is 0.352 e. The lowest BCUT2D eigenvalue weighted by Crippen LogP contribution is -2.54. The van der Waals surface area contributed by atoms with Crippen LogP contribution in [-0.2, 0) is 32.6 Å². The Hall–Kier alpha value is -3.17. The summed E-state index contributed by atoms with van der Waals surface area (Å²) in [6, 6.07) is 23.1. The summed E-state index contributed by atoms with van der Waals surface area (Å²) in [5.74, 6) is -0.746. The number of benzene rings is 3. The monoisotopic (exact) mass is 613 g/mol. The van der Waals surface area contributed by atoms with Crippen molar-refractivity contribution in [1.29, 1.82) is 0 Å². The number of anilines is 1. The summed E-state index contributed by atoms with van der Waals surface area (Å²) >= 11 is 3.44. The van der Waals surface area contributed by atoms with Gasteiger partial charge in [0.05, 0.1) is 11.9 Å². The van der Waals surface area contributed by atoms with Gasteiger partial charge in [0.15, 0.2) is 0 Å². The number of nitrogens with one attached hydrogen (secondary N) is 1. The maximum Gasteiger partial charge on any atom is 0.244 e. The molecule has 0 aromatic heterocycles. The first kappa shape index (κ1) is 30.4. The highest BCUT2D eigenvalue weighted by Crippen LogP contribution is 2.21. The zero-order valence-corrected chi connectivity index (χ0v) is 25.2. The number of amides is 2. The van der Waals surface area contributed by atoms with Crippen LogP contribution in [0.4, 0.5) is 5.69 Å². The molecular weight excluding hydrogens is 578 g/mol. The molecule has 3 aromatic carbocycles. The molecule has 0 fully saturated rings. The number of carbonyl (C=O) groups is 2. The van der Waals surface area contributed by atoms with Gasteiger partial charge in [-0.05, 0) is 55.7 Å². The lowest BCUT2D eigenvalue weighted by molar-refractivity contribution is -0.140. The second-order valence-corrected chi connectivity index (χ2v) is 12.6. The average Bonchev–Trinajstić information content (AvgIpc) is 2.90. The van der Waals surface area contributed by atoms with E-state index < -0.39 is 28.5 Å². The fraction of sp³-hybridized carbons (Fsp3) is 0.333. The van der Waals surface area contributed by atoms with Crippen LogP contribution in [0.3, 0.4) is 0 Å². The van der Waals surface area contributed by atoms with Gasteiger partial charge in [0.25, 0.3) is 0 Å². The molecule has 2 atom stereocenters. The van der Waals surface area contributed by atoms with Gasteiger partial charge in [-0.15, -0.1) is 0 Å². The second-order valence-electron chi connectivity index (χ2n) is 9.78. The lowest BCUT2D eigenvalue weighted by atomic mass is 10.0. The summed E-state index contributed by atoms with van der Waals surface area (Å²) < 4.78 is 27.6. The maximum atomic E-state index is 14.0. The van der Waals surface area contributed by atoms with Crippen molar-refractivity contribution in [1.82, 2.24) is 10.2 Å². The van der Waals surface area contributed by atoms with E-state index in [1.54, 1.807) is 24.3 Å². The van der Waals surface area contributed by atoms with Gasteiger partial charge in [0.2, 0.25) is 21.8 Å². The standard InChI is InChI=1S/C30H36BrN3O4S/c1-5-23(3)32-30(36)28(19-24-9-7-6-8-10-24)33(20-25-13-15-26(31)16-14-25)29(35)21-34(39(4,37)38)27-17-11-22(2)12-18-27/h6-18,23,28H,5,19-21H2,1-4H3,(H,32,36)/t23-,28+/m0/s1. The first-order valence-corrected chi connectivity index (χ1v) is 15.5. The fourth-order valence-electron chi connectivity index (χ4n) is 4.11. The third kappa shape index (κ3) is 8.93. The molecule has 39 heavy (non-hydrogen) atoms. The van der Waals surface area contributed by atoms with E-state index in [-0.39, 0.29) is 24.9 Å². The molecule has 3 rings (SSSR count). The van der Waals surface area contributed by atoms with Crippen LogP contribution in [0.15, 0.2) is 83.3 Å². The number of rotatable bonds is 12. The molecular formula is C30H36BrN3O4S. The third-order valence-electron chi connectivity index (χ3n) is 6.54. The van der Waals surface area contributed by atoms with E-state index in [1.165, 1.54) is 4.90 Å². The molecule has 1 N–H and O–H groups in total. The summed E-state index contributed by atoms with van der Waals surface area (Å²) in [6.45, 7) is 5.52. The van der Waals surface area contributed by atoms with Crippen LogP contribution >= 0.6 is 15.9 Å². The SMILES string of the molecule is CC[C@H](C)NC(=O)[C@@H](Cc1ccccc1)N(Cc1ccc(Br)cc1)C(=O)CN(c1ccc(C)cc1)S(C)(=O)=O. The van der Waals surface area contributed by atoms with Gasteiger partial charge in [0.1, 0.15) is 12.6 Å². The van der Waals surface area contributed by atoms with Crippen LogP contribution in [0, 0.1) is 6.92 Å². The van der Waals surface area contributed by atoms with Gasteiger partial charge in [-0.2, -0.15) is 0 Å². The first-order valence-electron chi connectivity index (χ1n) is 12.9. The summed E-state index contributed by atoms with van der Waals surface area (Å²) in [7, 11) is -3.79. The van der Waals surface area contributed by atoms with E-state index >= 15 is 0 Å². The average molecular weight is 615 g/mol. The van der Waals surface area contributed by atoms with Crippen LogP contribution in [0.2, 0.25) is 0 Å². The smallest absolute Gasteiger partial charge is 0.244 e. The molecule has 0 unspecified atom stereocenters. The third-order valence-corrected chi connectivity index (χ3v) is 8.21. The highest BCUT2D eigenvalue weighted by molar-refractivity contribution is 9.10. The number of hydrogen-bond donors (Lipinski definition) is 1. The quantitative estimate of drug-likeness (QED) is 0.309. The number of aryl methyl sites for hydroxylation is 1. The Labute approximate surface area is 240 Å². The minimum absolute atomic E-state index is 0.0829. The van der Waals surface area contributed by atoms with Gasteiger partial charge < -0.3 is 10.2 Å². The molecule has 9 heteroatoms. The van der Waals surface area contributed by atoms with Gasteiger partial charge >= 0.3 is 0 Å². The highest BCUT2D eigenvalue weighted by atomic mass is 79.9. The first-order chi connectivity index (χ1) is 18.5. The van der Waals surface area contributed by atoms with Crippen molar-refractivity contribution < 1.29 is 18.0 Å². The van der Waals surface area contributed by atoms with E-state index in [4.69, 9.17) is 0 Å². The molecule has 208 valence electrons. The molecule has 0 saturated heterocycles. The molecule has 0 spiro atoms. The predicted octanol–water partition coefficient (Wildman–Crippen LogP) is 5.08. The summed E-state index contributed by atoms with van der Waals surface area (Å²) in [4.78, 5) is 29.2. The number of carbonyl (C=O) groups excluding carboxylic acids is 2. The van der Waals surface area contributed by atoms with Crippen LogP contribution < -0.4 is 9.62 Å². The second kappa shape index (κ2) is 13.8. The topological polar surface area (TPSA) is 86.8 Å². The van der Waals surface area contributed by atoms with Crippen LogP contribution in [-0.4, -0.2) is 50.0 Å².